The van der Waals surface area contributed by atoms with Crippen LogP contribution in [0.4, 0.5) is 0 Å². The van der Waals surface area contributed by atoms with Crippen molar-refractivity contribution in [1.29, 1.82) is 0 Å². The van der Waals surface area contributed by atoms with E-state index in [1.165, 1.54) is 11.2 Å². The third-order valence-electron chi connectivity index (χ3n) is 3.66. The fourth-order valence-electron chi connectivity index (χ4n) is 2.53. The molecule has 104 valence electrons. The summed E-state index contributed by atoms with van der Waals surface area (Å²) in [6.45, 7) is 2.91. The first kappa shape index (κ1) is 13.2. The first-order valence-corrected chi connectivity index (χ1v) is 7.82. The van der Waals surface area contributed by atoms with E-state index in [2.05, 4.69) is 28.3 Å². The molecular weight excluding hydrogens is 270 g/mol. The van der Waals surface area contributed by atoms with E-state index >= 15 is 0 Å². The maximum atomic E-state index is 12.7. The number of aromatic nitrogens is 2. The Morgan fingerprint density at radius 2 is 2.45 bits per heavy atom. The number of carbonyl (C=O) groups excluding carboxylic acids is 1. The van der Waals surface area contributed by atoms with Crippen LogP contribution in [0.3, 0.4) is 0 Å². The van der Waals surface area contributed by atoms with Gasteiger partial charge in [-0.25, -0.2) is 9.97 Å². The van der Waals surface area contributed by atoms with Crippen molar-refractivity contribution in [3.05, 3.63) is 46.2 Å². The van der Waals surface area contributed by atoms with Crippen LogP contribution in [-0.4, -0.2) is 27.3 Å². The summed E-state index contributed by atoms with van der Waals surface area (Å²) < 4.78 is 0. The fraction of sp³-hybridized carbons (Fsp3) is 0.400. The lowest BCUT2D eigenvalue weighted by Gasteiger charge is -2.40. The van der Waals surface area contributed by atoms with Crippen LogP contribution in [0.25, 0.3) is 0 Å². The summed E-state index contributed by atoms with van der Waals surface area (Å²) in [4.78, 5) is 24.2. The predicted octanol–water partition coefficient (Wildman–Crippen LogP) is 3.08. The van der Waals surface area contributed by atoms with Gasteiger partial charge in [0.25, 0.3) is 5.91 Å². The number of hydrogen-bond acceptors (Lipinski definition) is 4. The van der Waals surface area contributed by atoms with E-state index in [9.17, 15) is 4.79 Å². The normalized spacial score (nSPS) is 17.9. The quantitative estimate of drug-likeness (QED) is 0.868. The van der Waals surface area contributed by atoms with Crippen LogP contribution in [0.1, 0.15) is 46.7 Å². The Labute approximate surface area is 122 Å². The minimum absolute atomic E-state index is 0.0682. The Morgan fingerprint density at radius 1 is 1.55 bits per heavy atom. The lowest BCUT2D eigenvalue weighted by molar-refractivity contribution is 0.0465. The van der Waals surface area contributed by atoms with Gasteiger partial charge in [0.1, 0.15) is 6.33 Å². The maximum Gasteiger partial charge on any atom is 0.257 e. The van der Waals surface area contributed by atoms with E-state index in [0.717, 1.165) is 31.5 Å². The molecule has 1 fully saturated rings. The number of nitrogens with zero attached hydrogens (tertiary/aromatic N) is 3. The third-order valence-corrected chi connectivity index (χ3v) is 4.64. The average molecular weight is 287 g/mol. The molecule has 4 nitrogen and oxygen atoms in total. The van der Waals surface area contributed by atoms with Crippen LogP contribution in [0, 0.1) is 0 Å². The molecule has 0 N–H and O–H groups in total. The molecule has 1 aliphatic heterocycles. The maximum absolute atomic E-state index is 12.7. The van der Waals surface area contributed by atoms with Crippen LogP contribution in [0.5, 0.6) is 0 Å². The lowest BCUT2D eigenvalue weighted by Crippen LogP contribution is -2.45. The van der Waals surface area contributed by atoms with Crippen LogP contribution < -0.4 is 0 Å². The number of hydrogen-bond donors (Lipinski definition) is 0. The smallest absolute Gasteiger partial charge is 0.257 e. The van der Waals surface area contributed by atoms with Crippen molar-refractivity contribution >= 4 is 17.2 Å². The number of likely N-dealkylation sites (tertiary alicyclic amines) is 1. The Balaban J connectivity index is 1.83. The average Bonchev–Trinajstić information content (AvgIpc) is 2.92. The van der Waals surface area contributed by atoms with Gasteiger partial charge in [-0.05, 0) is 24.3 Å². The van der Waals surface area contributed by atoms with Gasteiger partial charge in [-0.1, -0.05) is 19.4 Å². The summed E-state index contributed by atoms with van der Waals surface area (Å²) in [5, 5.41) is 2.06. The summed E-state index contributed by atoms with van der Waals surface area (Å²) in [7, 11) is 0. The largest absolute Gasteiger partial charge is 0.331 e. The van der Waals surface area contributed by atoms with E-state index in [1.54, 1.807) is 17.5 Å². The van der Waals surface area contributed by atoms with Gasteiger partial charge >= 0.3 is 0 Å². The van der Waals surface area contributed by atoms with Crippen LogP contribution in [0.15, 0.2) is 30.0 Å². The zero-order chi connectivity index (χ0) is 13.9. The molecule has 2 aromatic rings. The van der Waals surface area contributed by atoms with Gasteiger partial charge in [0.05, 0.1) is 17.3 Å². The zero-order valence-electron chi connectivity index (χ0n) is 11.5. The van der Waals surface area contributed by atoms with Crippen LogP contribution >= 0.6 is 11.3 Å². The number of aryl methyl sites for hydroxylation is 1. The molecule has 20 heavy (non-hydrogen) atoms. The predicted molar refractivity (Wildman–Crippen MR) is 78.7 cm³/mol. The molecule has 1 amide bonds. The van der Waals surface area contributed by atoms with Gasteiger partial charge in [0.15, 0.2) is 0 Å². The molecule has 1 atom stereocenters. The fourth-order valence-corrected chi connectivity index (χ4v) is 3.41. The van der Waals surface area contributed by atoms with E-state index in [0.29, 0.717) is 5.56 Å². The highest BCUT2D eigenvalue weighted by molar-refractivity contribution is 7.10. The van der Waals surface area contributed by atoms with E-state index in [4.69, 9.17) is 0 Å². The summed E-state index contributed by atoms with van der Waals surface area (Å²) in [6, 6.07) is 4.37. The second kappa shape index (κ2) is 5.71. The summed E-state index contributed by atoms with van der Waals surface area (Å²) in [5.74, 6) is 0.0682. The van der Waals surface area contributed by atoms with Crippen molar-refractivity contribution in [2.24, 2.45) is 0 Å². The molecule has 0 bridgehead atoms. The highest BCUT2D eigenvalue weighted by atomic mass is 32.1. The van der Waals surface area contributed by atoms with Crippen LogP contribution in [-0.2, 0) is 6.42 Å². The highest BCUT2D eigenvalue weighted by Gasteiger charge is 2.35. The van der Waals surface area contributed by atoms with Gasteiger partial charge in [0.2, 0.25) is 0 Å². The molecule has 0 aliphatic carbocycles. The highest BCUT2D eigenvalue weighted by Crippen LogP contribution is 2.36. The number of rotatable bonds is 4. The van der Waals surface area contributed by atoms with Crippen molar-refractivity contribution in [3.63, 3.8) is 0 Å². The summed E-state index contributed by atoms with van der Waals surface area (Å²) in [5.41, 5.74) is 1.53. The van der Waals surface area contributed by atoms with Gasteiger partial charge in [-0.3, -0.25) is 4.79 Å². The van der Waals surface area contributed by atoms with Crippen molar-refractivity contribution < 1.29 is 4.79 Å². The minimum atomic E-state index is 0.0682. The van der Waals surface area contributed by atoms with Crippen molar-refractivity contribution in [3.8, 4) is 0 Å². The molecule has 0 radical (unpaired) electrons. The second-order valence-electron chi connectivity index (χ2n) is 4.95. The van der Waals surface area contributed by atoms with Gasteiger partial charge < -0.3 is 4.90 Å². The SMILES string of the molecule is CCCc1ncncc1C(=O)N1CCC1c1cccs1. The van der Waals surface area contributed by atoms with E-state index in [1.807, 2.05) is 11.0 Å². The standard InChI is InChI=1S/C15H17N3OS/c1-2-4-12-11(9-16-10-17-12)15(19)18-7-6-13(18)14-5-3-8-20-14/h3,5,8-10,13H,2,4,6-7H2,1H3. The zero-order valence-corrected chi connectivity index (χ0v) is 12.3. The van der Waals surface area contributed by atoms with E-state index in [-0.39, 0.29) is 11.9 Å². The van der Waals surface area contributed by atoms with Crippen LogP contribution in [0.2, 0.25) is 0 Å². The Morgan fingerprint density at radius 3 is 3.10 bits per heavy atom. The molecule has 1 saturated heterocycles. The number of amides is 1. The first-order chi connectivity index (χ1) is 9.81. The van der Waals surface area contributed by atoms with Crippen molar-refractivity contribution in [1.82, 2.24) is 14.9 Å². The monoisotopic (exact) mass is 287 g/mol. The number of carbonyl (C=O) groups is 1. The molecule has 5 heteroatoms. The van der Waals surface area contributed by atoms with Crippen molar-refractivity contribution in [2.75, 3.05) is 6.54 Å². The lowest BCUT2D eigenvalue weighted by atomic mass is 9.99. The molecule has 1 aliphatic rings. The number of thiophene rings is 1. The molecule has 0 saturated carbocycles. The summed E-state index contributed by atoms with van der Waals surface area (Å²) in [6.07, 6.45) is 6.02. The van der Waals surface area contributed by atoms with Crippen molar-refractivity contribution in [2.45, 2.75) is 32.2 Å². The Bertz CT molecular complexity index is 597. The second-order valence-corrected chi connectivity index (χ2v) is 5.93. The molecule has 2 aromatic heterocycles. The van der Waals surface area contributed by atoms with Gasteiger partial charge in [-0.15, -0.1) is 11.3 Å². The van der Waals surface area contributed by atoms with E-state index < -0.39 is 0 Å². The molecule has 0 aromatic carbocycles. The Hall–Kier alpha value is -1.75. The third kappa shape index (κ3) is 2.33. The summed E-state index contributed by atoms with van der Waals surface area (Å²) >= 11 is 1.71. The molecule has 3 heterocycles. The topological polar surface area (TPSA) is 46.1 Å². The first-order valence-electron chi connectivity index (χ1n) is 6.94. The minimum Gasteiger partial charge on any atom is -0.331 e. The molecule has 1 unspecified atom stereocenters. The molecule has 0 spiro atoms. The Kier molecular flexibility index (Phi) is 3.78. The van der Waals surface area contributed by atoms with Gasteiger partial charge in [-0.2, -0.15) is 0 Å². The molecule has 3 rings (SSSR count). The van der Waals surface area contributed by atoms with Gasteiger partial charge in [0, 0.05) is 17.6 Å². The molecular formula is C15H17N3OS.